The fourth-order valence-corrected chi connectivity index (χ4v) is 1.97. The summed E-state index contributed by atoms with van der Waals surface area (Å²) in [5, 5.41) is 0. The first-order valence-corrected chi connectivity index (χ1v) is 6.77. The van der Waals surface area contributed by atoms with Crippen LogP contribution in [0.15, 0.2) is 18.7 Å². The van der Waals surface area contributed by atoms with Crippen LogP contribution in [0, 0.1) is 0 Å². The molecule has 1 rings (SSSR count). The van der Waals surface area contributed by atoms with Crippen molar-refractivity contribution in [3.8, 4) is 5.75 Å². The van der Waals surface area contributed by atoms with E-state index in [1.165, 1.54) is 11.1 Å². The standard InChI is InChI=1S/C13H19OP.C2H6/c1-5-10-8-13(14-15)11(6-2)7-12(10)9(3)4;1-2/h6-9H,2,5,15H2,1,3-4H3;1-2H3. The Morgan fingerprint density at radius 2 is 1.94 bits per heavy atom. The molecule has 1 atom stereocenters. The molecule has 0 radical (unpaired) electrons. The molecule has 2 heteroatoms. The van der Waals surface area contributed by atoms with Gasteiger partial charge in [0.25, 0.3) is 0 Å². The van der Waals surface area contributed by atoms with Crippen LogP contribution in [-0.4, -0.2) is 0 Å². The second-order valence-electron chi connectivity index (χ2n) is 3.92. The van der Waals surface area contributed by atoms with Crippen LogP contribution in [0.4, 0.5) is 0 Å². The lowest BCUT2D eigenvalue weighted by atomic mass is 9.93. The van der Waals surface area contributed by atoms with E-state index in [4.69, 9.17) is 4.52 Å². The van der Waals surface area contributed by atoms with Gasteiger partial charge >= 0.3 is 0 Å². The summed E-state index contributed by atoms with van der Waals surface area (Å²) < 4.78 is 5.26. The van der Waals surface area contributed by atoms with Crippen molar-refractivity contribution in [3.63, 3.8) is 0 Å². The molecule has 0 N–H and O–H groups in total. The maximum Gasteiger partial charge on any atom is 0.129 e. The molecule has 0 fully saturated rings. The van der Waals surface area contributed by atoms with E-state index < -0.39 is 0 Å². The molecule has 17 heavy (non-hydrogen) atoms. The predicted octanol–water partition coefficient (Wildman–Crippen LogP) is 5.21. The zero-order chi connectivity index (χ0) is 13.4. The fourth-order valence-electron chi connectivity index (χ4n) is 1.76. The molecule has 0 spiro atoms. The molecule has 1 aromatic carbocycles. The lowest BCUT2D eigenvalue weighted by Gasteiger charge is -2.15. The summed E-state index contributed by atoms with van der Waals surface area (Å²) in [6, 6.07) is 4.29. The molecule has 0 aliphatic rings. The Morgan fingerprint density at radius 1 is 1.35 bits per heavy atom. The van der Waals surface area contributed by atoms with Crippen molar-refractivity contribution in [2.45, 2.75) is 47.0 Å². The number of hydrogen-bond donors (Lipinski definition) is 0. The van der Waals surface area contributed by atoms with E-state index in [1.807, 2.05) is 19.9 Å². The number of aryl methyl sites for hydroxylation is 1. The van der Waals surface area contributed by atoms with Crippen molar-refractivity contribution in [2.24, 2.45) is 0 Å². The molecule has 1 aromatic rings. The molecule has 0 aliphatic heterocycles. The van der Waals surface area contributed by atoms with Gasteiger partial charge in [0.2, 0.25) is 0 Å². The Hall–Kier alpha value is -0.810. The minimum absolute atomic E-state index is 0.539. The van der Waals surface area contributed by atoms with Crippen LogP contribution in [0.5, 0.6) is 5.75 Å². The smallest absolute Gasteiger partial charge is 0.129 e. The van der Waals surface area contributed by atoms with Crippen LogP contribution in [0.1, 0.15) is 57.2 Å². The third-order valence-corrected chi connectivity index (χ3v) is 2.88. The Morgan fingerprint density at radius 3 is 2.29 bits per heavy atom. The molecule has 0 saturated carbocycles. The van der Waals surface area contributed by atoms with Gasteiger partial charge in [0.05, 0.1) is 9.47 Å². The number of hydrogen-bond acceptors (Lipinski definition) is 1. The normalized spacial score (nSPS) is 9.59. The minimum Gasteiger partial charge on any atom is -0.480 e. The van der Waals surface area contributed by atoms with Crippen LogP contribution in [0.25, 0.3) is 6.08 Å². The average Bonchev–Trinajstić information content (AvgIpc) is 2.39. The van der Waals surface area contributed by atoms with Gasteiger partial charge in [-0.15, -0.1) is 0 Å². The fraction of sp³-hybridized carbons (Fsp3) is 0.467. The predicted molar refractivity (Wildman–Crippen MR) is 81.7 cm³/mol. The van der Waals surface area contributed by atoms with E-state index in [0.717, 1.165) is 17.7 Å². The van der Waals surface area contributed by atoms with Gasteiger partial charge in [-0.3, -0.25) is 0 Å². The summed E-state index contributed by atoms with van der Waals surface area (Å²) in [5.41, 5.74) is 3.80. The van der Waals surface area contributed by atoms with Gasteiger partial charge in [-0.2, -0.15) is 0 Å². The summed E-state index contributed by atoms with van der Waals surface area (Å²) in [5.74, 6) is 1.42. The third kappa shape index (κ3) is 4.16. The summed E-state index contributed by atoms with van der Waals surface area (Å²) >= 11 is 0. The van der Waals surface area contributed by atoms with Gasteiger partial charge in [0.1, 0.15) is 5.75 Å². The van der Waals surface area contributed by atoms with Gasteiger partial charge in [-0.05, 0) is 35.6 Å². The van der Waals surface area contributed by atoms with Crippen LogP contribution < -0.4 is 4.52 Å². The topological polar surface area (TPSA) is 9.23 Å². The monoisotopic (exact) mass is 252 g/mol. The van der Waals surface area contributed by atoms with E-state index in [2.05, 4.69) is 48.9 Å². The molecule has 1 unspecified atom stereocenters. The van der Waals surface area contributed by atoms with E-state index in [-0.39, 0.29) is 0 Å². The van der Waals surface area contributed by atoms with Gasteiger partial charge in [0.15, 0.2) is 0 Å². The van der Waals surface area contributed by atoms with Crippen LogP contribution in [0.3, 0.4) is 0 Å². The lowest BCUT2D eigenvalue weighted by molar-refractivity contribution is 0.641. The van der Waals surface area contributed by atoms with E-state index in [0.29, 0.717) is 5.92 Å². The summed E-state index contributed by atoms with van der Waals surface area (Å²) in [6.07, 6.45) is 2.87. The largest absolute Gasteiger partial charge is 0.480 e. The Kier molecular flexibility index (Phi) is 7.91. The van der Waals surface area contributed by atoms with E-state index in [9.17, 15) is 0 Å². The number of rotatable bonds is 4. The molecule has 0 heterocycles. The first-order chi connectivity index (χ1) is 8.13. The van der Waals surface area contributed by atoms with Crippen molar-refractivity contribution >= 4 is 15.5 Å². The zero-order valence-electron chi connectivity index (χ0n) is 11.7. The first-order valence-electron chi connectivity index (χ1n) is 6.30. The number of benzene rings is 1. The van der Waals surface area contributed by atoms with Crippen molar-refractivity contribution in [3.05, 3.63) is 35.4 Å². The molecule has 0 amide bonds. The van der Waals surface area contributed by atoms with Gasteiger partial charge in [-0.1, -0.05) is 47.3 Å². The highest BCUT2D eigenvalue weighted by molar-refractivity contribution is 7.10. The molecular weight excluding hydrogens is 227 g/mol. The average molecular weight is 252 g/mol. The van der Waals surface area contributed by atoms with Crippen molar-refractivity contribution in [1.29, 1.82) is 0 Å². The summed E-state index contributed by atoms with van der Waals surface area (Å²) in [6.45, 7) is 14.4. The van der Waals surface area contributed by atoms with E-state index >= 15 is 0 Å². The van der Waals surface area contributed by atoms with E-state index in [1.54, 1.807) is 0 Å². The maximum absolute atomic E-state index is 5.26. The molecule has 96 valence electrons. The van der Waals surface area contributed by atoms with Gasteiger partial charge < -0.3 is 4.52 Å². The van der Waals surface area contributed by atoms with Crippen molar-refractivity contribution < 1.29 is 4.52 Å². The molecule has 0 aliphatic carbocycles. The van der Waals surface area contributed by atoms with Crippen LogP contribution in [-0.2, 0) is 6.42 Å². The quantitative estimate of drug-likeness (QED) is 0.668. The molecule has 0 saturated heterocycles. The van der Waals surface area contributed by atoms with Crippen molar-refractivity contribution in [1.82, 2.24) is 0 Å². The molecule has 0 bridgehead atoms. The highest BCUT2D eigenvalue weighted by atomic mass is 31.0. The zero-order valence-corrected chi connectivity index (χ0v) is 12.9. The second-order valence-corrected chi connectivity index (χ2v) is 4.15. The Labute approximate surface area is 109 Å². The molecule has 0 aromatic heterocycles. The lowest BCUT2D eigenvalue weighted by Crippen LogP contribution is -1.97. The summed E-state index contributed by atoms with van der Waals surface area (Å²) in [4.78, 5) is 0. The third-order valence-electron chi connectivity index (χ3n) is 2.62. The van der Waals surface area contributed by atoms with Gasteiger partial charge in [-0.25, -0.2) is 0 Å². The SMILES string of the molecule is C=Cc1cc(C(C)C)c(CC)cc1OP.CC. The maximum atomic E-state index is 5.26. The van der Waals surface area contributed by atoms with Crippen LogP contribution >= 0.6 is 9.47 Å². The van der Waals surface area contributed by atoms with Crippen LogP contribution in [0.2, 0.25) is 0 Å². The Bertz CT molecular complexity index is 356. The minimum atomic E-state index is 0.539. The molecule has 1 nitrogen and oxygen atoms in total. The highest BCUT2D eigenvalue weighted by Crippen LogP contribution is 2.30. The highest BCUT2D eigenvalue weighted by Gasteiger charge is 2.10. The van der Waals surface area contributed by atoms with Gasteiger partial charge in [0, 0.05) is 5.56 Å². The molecular formula is C15H25OP. The Balaban J connectivity index is 0.00000121. The van der Waals surface area contributed by atoms with Crippen molar-refractivity contribution in [2.75, 3.05) is 0 Å². The second kappa shape index (κ2) is 8.31. The summed E-state index contributed by atoms with van der Waals surface area (Å²) in [7, 11) is 2.29. The first kappa shape index (κ1) is 16.2.